The number of aliphatic hydroxyl groups is 1. The number of aromatic hydroxyl groups is 1. The fourth-order valence-electron chi connectivity index (χ4n) is 14.6. The predicted octanol–water partition coefficient (Wildman–Crippen LogP) is -1.21. The molecule has 40 nitrogen and oxygen atoms in total. The number of amides is 17. The first-order valence-electron chi connectivity index (χ1n) is 44.1. The molecule has 724 valence electrons. The molecule has 41 heteroatoms. The molecule has 17 amide bonds. The van der Waals surface area contributed by atoms with E-state index in [1.165, 1.54) is 59.0 Å². The number of aliphatic hydroxyl groups excluding tert-OH is 1. The number of aromatic amines is 1. The Bertz CT molecular complexity index is 5120. The van der Waals surface area contributed by atoms with E-state index in [9.17, 15) is 68.1 Å². The van der Waals surface area contributed by atoms with Gasteiger partial charge in [0.05, 0.1) is 25.2 Å². The summed E-state index contributed by atoms with van der Waals surface area (Å²) in [6, 6.07) is 12.0. The zero-order chi connectivity index (χ0) is 98.9. The van der Waals surface area contributed by atoms with Crippen molar-refractivity contribution in [1.82, 2.24) is 84.3 Å². The zero-order valence-electron chi connectivity index (χ0n) is 76.7. The number of aromatic nitrogens is 1. The summed E-state index contributed by atoms with van der Waals surface area (Å²) in [5.74, 6) is -23.1. The van der Waals surface area contributed by atoms with E-state index in [0.717, 1.165) is 16.0 Å². The number of carbonyl (C=O) groups excluding carboxylic acids is 17. The lowest BCUT2D eigenvalue weighted by Gasteiger charge is -2.33. The number of nitrogens with two attached hydrogens (primary N) is 3. The maximum atomic E-state index is 15.3. The number of rotatable bonds is 25. The van der Waals surface area contributed by atoms with E-state index < -0.39 is 246 Å². The minimum absolute atomic E-state index is 0.111. The lowest BCUT2D eigenvalue weighted by atomic mass is 9.98. The molecule has 1 aromatic heterocycles. The van der Waals surface area contributed by atoms with E-state index in [0.29, 0.717) is 39.4 Å². The fourth-order valence-corrected chi connectivity index (χ4v) is 15.4. The Balaban J connectivity index is 1.32. The fraction of sp³-hybridized carbons (Fsp3) is 0.462. The van der Waals surface area contributed by atoms with Crippen molar-refractivity contribution in [3.63, 3.8) is 0 Å². The Kier molecular flexibility index (Phi) is 41.5. The maximum Gasteiger partial charge on any atom is 0.305 e. The number of phenols is 1. The molecule has 6 aromatic rings. The molecule has 0 spiro atoms. The van der Waals surface area contributed by atoms with Crippen molar-refractivity contribution in [2.45, 2.75) is 218 Å². The summed E-state index contributed by atoms with van der Waals surface area (Å²) in [7, 11) is 1.26. The Morgan fingerprint density at radius 3 is 1.38 bits per heavy atom. The molecule has 15 atom stereocenters. The normalized spacial score (nSPS) is 23.5. The van der Waals surface area contributed by atoms with E-state index in [1.807, 2.05) is 30.3 Å². The molecule has 0 radical (unpaired) electrons. The van der Waals surface area contributed by atoms with Gasteiger partial charge in [0, 0.05) is 55.6 Å². The van der Waals surface area contributed by atoms with Gasteiger partial charge in [-0.3, -0.25) is 86.3 Å². The minimum Gasteiger partial charge on any atom is -0.508 e. The molecule has 1 aliphatic heterocycles. The van der Waals surface area contributed by atoms with E-state index in [2.05, 4.69) is 79.4 Å². The summed E-state index contributed by atoms with van der Waals surface area (Å²) in [5.41, 5.74) is 21.2. The molecular formula is C93H125N19O21S. The lowest BCUT2D eigenvalue weighted by molar-refractivity contribution is -0.143. The average molecular weight is 1880 g/mol. The second-order valence-electron chi connectivity index (χ2n) is 34.6. The summed E-state index contributed by atoms with van der Waals surface area (Å²) < 4.78 is 0. The first-order valence-corrected chi connectivity index (χ1v) is 45.3. The highest BCUT2D eigenvalue weighted by atomic mass is 32.2. The van der Waals surface area contributed by atoms with Crippen molar-refractivity contribution in [3.8, 4) is 16.9 Å². The van der Waals surface area contributed by atoms with Crippen molar-refractivity contribution >= 4 is 129 Å². The third kappa shape index (κ3) is 33.2. The van der Waals surface area contributed by atoms with Crippen LogP contribution < -0.4 is 91.6 Å². The van der Waals surface area contributed by atoms with Crippen LogP contribution in [0.3, 0.4) is 0 Å². The second-order valence-corrected chi connectivity index (χ2v) is 35.7. The topological polar surface area (TPSA) is 633 Å². The van der Waals surface area contributed by atoms with Gasteiger partial charge in [0.15, 0.2) is 0 Å². The number of hydrogen-bond acceptors (Lipinski definition) is 22. The van der Waals surface area contributed by atoms with Crippen LogP contribution in [0.2, 0.25) is 0 Å². The number of thioether (sulfide) groups is 1. The van der Waals surface area contributed by atoms with Crippen LogP contribution in [0.25, 0.3) is 22.0 Å². The van der Waals surface area contributed by atoms with E-state index in [-0.39, 0.29) is 68.2 Å². The largest absolute Gasteiger partial charge is 0.508 e. The van der Waals surface area contributed by atoms with Crippen LogP contribution in [0.4, 0.5) is 0 Å². The molecule has 134 heavy (non-hydrogen) atoms. The van der Waals surface area contributed by atoms with Gasteiger partial charge in [0.25, 0.3) is 0 Å². The molecule has 24 N–H and O–H groups in total. The van der Waals surface area contributed by atoms with Gasteiger partial charge in [-0.2, -0.15) is 0 Å². The number of H-pyrrole nitrogens is 1. The van der Waals surface area contributed by atoms with Gasteiger partial charge in [-0.25, -0.2) is 0 Å². The lowest BCUT2D eigenvalue weighted by Crippen LogP contribution is -2.62. The van der Waals surface area contributed by atoms with Crippen molar-refractivity contribution in [2.75, 3.05) is 31.7 Å². The number of carboxylic acids is 1. The van der Waals surface area contributed by atoms with Crippen LogP contribution in [-0.2, 0) is 112 Å². The molecular weight excluding hydrogens is 1750 g/mol. The molecule has 7 rings (SSSR count). The smallest absolute Gasteiger partial charge is 0.305 e. The van der Waals surface area contributed by atoms with Crippen molar-refractivity contribution in [2.24, 2.45) is 40.9 Å². The number of likely N-dealkylation sites (N-methyl/N-ethyl adjacent to an activating group) is 1. The van der Waals surface area contributed by atoms with E-state index in [1.54, 1.807) is 127 Å². The number of para-hydroxylation sites is 1. The van der Waals surface area contributed by atoms with Crippen LogP contribution in [0.15, 0.2) is 140 Å². The quantitative estimate of drug-likeness (QED) is 0.0320. The Morgan fingerprint density at radius 2 is 0.866 bits per heavy atom. The Morgan fingerprint density at radius 1 is 0.455 bits per heavy atom. The van der Waals surface area contributed by atoms with E-state index >= 15 is 33.6 Å². The number of carbonyl (C=O) groups is 18. The first-order chi connectivity index (χ1) is 63.4. The maximum absolute atomic E-state index is 15.3. The summed E-state index contributed by atoms with van der Waals surface area (Å²) in [6.45, 7) is 14.1. The highest BCUT2D eigenvalue weighted by molar-refractivity contribution is 8.00. The Labute approximate surface area is 780 Å². The summed E-state index contributed by atoms with van der Waals surface area (Å²) >= 11 is 0.698. The highest BCUT2D eigenvalue weighted by Gasteiger charge is 2.41. The van der Waals surface area contributed by atoms with Gasteiger partial charge >= 0.3 is 5.97 Å². The summed E-state index contributed by atoms with van der Waals surface area (Å²) in [6.07, 6.45) is -2.41. The van der Waals surface area contributed by atoms with Crippen molar-refractivity contribution < 1.29 is 102 Å². The summed E-state index contributed by atoms with van der Waals surface area (Å²) in [4.78, 5) is 264. The Hall–Kier alpha value is -13.8. The van der Waals surface area contributed by atoms with Crippen LogP contribution in [0, 0.1) is 23.7 Å². The molecule has 1 saturated heterocycles. The highest BCUT2D eigenvalue weighted by Crippen LogP contribution is 2.24. The van der Waals surface area contributed by atoms with Gasteiger partial charge in [0.2, 0.25) is 100 Å². The van der Waals surface area contributed by atoms with Gasteiger partial charge in [-0.15, -0.1) is 11.8 Å². The second kappa shape index (κ2) is 51.8. The molecule has 0 saturated carbocycles. The van der Waals surface area contributed by atoms with Gasteiger partial charge < -0.3 is 117 Å². The number of nitrogens with one attached hydrogen (secondary N) is 15. The first kappa shape index (κ1) is 107. The minimum atomic E-state index is -2.08. The standard InChI is InChI=1S/C93H125N19O21S/c1-48(2)36-64-82(122)106-70(42-74(95)115)86(126)102-65(37-49(3)4)88(128)110-77(50(5)6)92(132)108-72(45-113)90(130)109-73(91(131)98-52(9)79(96)119)46-134-47-75(116)99-66(38-54-20-14-12-15-21-54)83(123)104-67(40-56-28-32-60(114)33-29-56)84(124)107-71(43-76(117)118)87(127)105-69(41-59-44-97-62-25-19-18-24-61(59)62)85(125)100-63(34-35-94)81(121)103-68(39-55-26-30-58(31-27-55)57-22-16-13-17-23-57)89(129)111-78(51(7)8)93(133)112(11)53(10)80(120)101-64/h12-33,44,48-53,63-73,77-78,97,113-114H,34-43,45-47,94H2,1-11H3,(H2,95,115)(H2,96,119)(H,98,131)(H,99,116)(H,100,125)(H,101,120)(H,102,126)(H,103,121)(H,104,123)(H,105,127)(H,106,122)(H,107,124)(H,108,132)(H,109,130)(H,110,128)(H,111,129)(H,117,118)/t52-,53-,63-,64+,65-,66-,67-,68-,69-,70-,71-,72-,73-,77-,78-/m0/s1. The number of carboxylic acid groups (broad SMARTS) is 1. The number of fused-ring (bicyclic) bond motifs is 1. The van der Waals surface area contributed by atoms with Crippen LogP contribution in [0.1, 0.15) is 124 Å². The summed E-state index contributed by atoms with van der Waals surface area (Å²) in [5, 5.41) is 67.9. The number of benzene rings is 5. The van der Waals surface area contributed by atoms with E-state index in [4.69, 9.17) is 17.2 Å². The van der Waals surface area contributed by atoms with Crippen LogP contribution in [-0.4, -0.2) is 254 Å². The van der Waals surface area contributed by atoms with Crippen LogP contribution in [0.5, 0.6) is 5.75 Å². The monoisotopic (exact) mass is 1880 g/mol. The number of nitrogens with zero attached hydrogens (tertiary/aromatic N) is 1. The van der Waals surface area contributed by atoms with Gasteiger partial charge in [0.1, 0.15) is 96.4 Å². The third-order valence-electron chi connectivity index (χ3n) is 22.2. The zero-order valence-corrected chi connectivity index (χ0v) is 77.5. The predicted molar refractivity (Wildman–Crippen MR) is 496 cm³/mol. The number of primary amides is 2. The number of hydrogen-bond donors (Lipinski definition) is 21. The molecule has 0 aliphatic carbocycles. The van der Waals surface area contributed by atoms with Gasteiger partial charge in [-0.1, -0.05) is 171 Å². The van der Waals surface area contributed by atoms with Crippen molar-refractivity contribution in [1.29, 1.82) is 0 Å². The molecule has 0 unspecified atom stereocenters. The third-order valence-corrected chi connectivity index (χ3v) is 23.2. The molecule has 0 bridgehead atoms. The van der Waals surface area contributed by atoms with Gasteiger partial charge in [-0.05, 0) is 115 Å². The van der Waals surface area contributed by atoms with Crippen LogP contribution >= 0.6 is 11.8 Å². The molecule has 1 fully saturated rings. The number of aliphatic carboxylic acids is 1. The molecule has 5 aromatic carbocycles. The number of phenolic OH excluding ortho intramolecular Hbond substituents is 1. The SMILES string of the molecule is CC(C)C[C@@H]1NC(=O)[C@H](CC(N)=O)NC(=O)[C@@H](CC(C)C)NC(=O)[C@H](C)N(C)C(=O)[C@H](C(C)C)NC(=O)[C@H](Cc2ccc(-c3ccccc3)cc2)NC(=O)[C@H](CCN)NC(=O)[C@H](Cc2c[nH]c3ccccc23)NC(=O)[C@H](CC(=O)O)NC(=O)[C@H](Cc2ccc(O)cc2)NC(=O)[C@H](Cc2ccccc2)NC(=O)CSC[C@@H](C(=O)N[C@@H](C)C(N)=O)NC(=O)[C@H](CO)NC(=O)[C@H](C(C)C)NC1=O. The molecule has 1 aliphatic rings. The van der Waals surface area contributed by atoms with Crippen molar-refractivity contribution in [3.05, 3.63) is 162 Å². The average Bonchev–Trinajstić information content (AvgIpc) is 1.69. The molecule has 2 heterocycles.